The third-order valence-corrected chi connectivity index (χ3v) is 5.03. The number of anilines is 1. The molecule has 0 bridgehead atoms. The number of thioether (sulfide) groups is 1. The summed E-state index contributed by atoms with van der Waals surface area (Å²) in [7, 11) is 2.23. The molecule has 2 rings (SSSR count). The largest absolute Gasteiger partial charge is 0.371 e. The van der Waals surface area contributed by atoms with Gasteiger partial charge < -0.3 is 10.2 Å². The highest BCUT2D eigenvalue weighted by molar-refractivity contribution is 7.99. The molecule has 1 unspecified atom stereocenters. The van der Waals surface area contributed by atoms with Gasteiger partial charge in [0.25, 0.3) is 0 Å². The van der Waals surface area contributed by atoms with Crippen molar-refractivity contribution in [2.45, 2.75) is 45.8 Å². The van der Waals surface area contributed by atoms with Gasteiger partial charge in [0, 0.05) is 37.1 Å². The lowest BCUT2D eigenvalue weighted by Gasteiger charge is -2.27. The van der Waals surface area contributed by atoms with Crippen molar-refractivity contribution >= 4 is 17.4 Å². The van der Waals surface area contributed by atoms with Crippen LogP contribution in [0.25, 0.3) is 0 Å². The Bertz CT molecular complexity index is 411. The molecule has 19 heavy (non-hydrogen) atoms. The minimum Gasteiger partial charge on any atom is -0.371 e. The number of aryl methyl sites for hydroxylation is 1. The van der Waals surface area contributed by atoms with E-state index in [1.807, 2.05) is 0 Å². The van der Waals surface area contributed by atoms with Gasteiger partial charge in [0.1, 0.15) is 0 Å². The van der Waals surface area contributed by atoms with Crippen molar-refractivity contribution in [3.8, 4) is 0 Å². The normalized spacial score (nSPS) is 19.1. The van der Waals surface area contributed by atoms with Crippen LogP contribution in [0.15, 0.2) is 18.2 Å². The van der Waals surface area contributed by atoms with Gasteiger partial charge in [-0.3, -0.25) is 0 Å². The third kappa shape index (κ3) is 3.90. The van der Waals surface area contributed by atoms with Gasteiger partial charge in [0.2, 0.25) is 0 Å². The zero-order chi connectivity index (χ0) is 13.8. The molecule has 0 aromatic heterocycles. The fraction of sp³-hybridized carbons (Fsp3) is 0.625. The van der Waals surface area contributed by atoms with Crippen LogP contribution in [0.2, 0.25) is 0 Å². The van der Waals surface area contributed by atoms with Gasteiger partial charge in [-0.2, -0.15) is 11.8 Å². The zero-order valence-electron chi connectivity index (χ0n) is 12.6. The fourth-order valence-corrected chi connectivity index (χ4v) is 3.72. The fourth-order valence-electron chi connectivity index (χ4n) is 2.45. The van der Waals surface area contributed by atoms with Gasteiger partial charge in [-0.1, -0.05) is 19.9 Å². The molecule has 3 heteroatoms. The smallest absolute Gasteiger partial charge is 0.0385 e. The lowest BCUT2D eigenvalue weighted by atomic mass is 10.1. The van der Waals surface area contributed by atoms with E-state index in [2.05, 4.69) is 68.0 Å². The van der Waals surface area contributed by atoms with Crippen molar-refractivity contribution in [3.05, 3.63) is 29.3 Å². The first-order chi connectivity index (χ1) is 9.08. The quantitative estimate of drug-likeness (QED) is 0.888. The van der Waals surface area contributed by atoms with Crippen LogP contribution < -0.4 is 10.2 Å². The van der Waals surface area contributed by atoms with Crippen molar-refractivity contribution < 1.29 is 0 Å². The second-order valence-corrected chi connectivity index (χ2v) is 6.92. The Morgan fingerprint density at radius 3 is 2.79 bits per heavy atom. The molecular formula is C16H26N2S. The predicted molar refractivity (Wildman–Crippen MR) is 87.3 cm³/mol. The molecule has 0 saturated carbocycles. The van der Waals surface area contributed by atoms with Crippen LogP contribution in [0, 0.1) is 6.92 Å². The average molecular weight is 278 g/mol. The van der Waals surface area contributed by atoms with Crippen molar-refractivity contribution in [2.75, 3.05) is 23.5 Å². The minimum atomic E-state index is 0.539. The Balaban J connectivity index is 2.05. The first-order valence-corrected chi connectivity index (χ1v) is 8.37. The van der Waals surface area contributed by atoms with Crippen molar-refractivity contribution in [1.29, 1.82) is 0 Å². The zero-order valence-corrected chi connectivity index (χ0v) is 13.4. The van der Waals surface area contributed by atoms with Gasteiger partial charge in [-0.15, -0.1) is 0 Å². The van der Waals surface area contributed by atoms with Crippen LogP contribution in [-0.2, 0) is 6.54 Å². The number of nitrogens with one attached hydrogen (secondary N) is 1. The van der Waals surface area contributed by atoms with E-state index in [9.17, 15) is 0 Å². The van der Waals surface area contributed by atoms with E-state index in [1.54, 1.807) is 0 Å². The van der Waals surface area contributed by atoms with Crippen molar-refractivity contribution in [2.24, 2.45) is 0 Å². The standard InChI is InChI=1S/C16H26N2S/c1-12(2)17-10-14-5-6-15(9-13(14)3)18(4)16-7-8-19-11-16/h5-6,9,12,16-17H,7-8,10-11H2,1-4H3. The molecule has 1 saturated heterocycles. The Labute approximate surface area is 122 Å². The van der Waals surface area contributed by atoms with E-state index in [0.29, 0.717) is 12.1 Å². The minimum absolute atomic E-state index is 0.539. The monoisotopic (exact) mass is 278 g/mol. The summed E-state index contributed by atoms with van der Waals surface area (Å²) in [6.07, 6.45) is 1.32. The van der Waals surface area contributed by atoms with E-state index >= 15 is 0 Å². The SMILES string of the molecule is Cc1cc(N(C)C2CCSC2)ccc1CNC(C)C. The highest BCUT2D eigenvalue weighted by Crippen LogP contribution is 2.27. The summed E-state index contributed by atoms with van der Waals surface area (Å²) in [5.41, 5.74) is 4.16. The number of hydrogen-bond acceptors (Lipinski definition) is 3. The van der Waals surface area contributed by atoms with Crippen LogP contribution in [0.3, 0.4) is 0 Å². The van der Waals surface area contributed by atoms with Gasteiger partial charge >= 0.3 is 0 Å². The second kappa shape index (κ2) is 6.67. The summed E-state index contributed by atoms with van der Waals surface area (Å²) < 4.78 is 0. The molecular weight excluding hydrogens is 252 g/mol. The molecule has 0 radical (unpaired) electrons. The van der Waals surface area contributed by atoms with E-state index in [4.69, 9.17) is 0 Å². The molecule has 1 heterocycles. The molecule has 1 aliphatic rings. The maximum Gasteiger partial charge on any atom is 0.0385 e. The van der Waals surface area contributed by atoms with Gasteiger partial charge in [0.15, 0.2) is 0 Å². The van der Waals surface area contributed by atoms with Crippen LogP contribution in [0.4, 0.5) is 5.69 Å². The lowest BCUT2D eigenvalue weighted by Crippen LogP contribution is -2.31. The van der Waals surface area contributed by atoms with E-state index in [0.717, 1.165) is 6.54 Å². The maximum absolute atomic E-state index is 3.49. The van der Waals surface area contributed by atoms with E-state index in [1.165, 1.54) is 34.7 Å². The number of rotatable bonds is 5. The Morgan fingerprint density at radius 1 is 1.42 bits per heavy atom. The van der Waals surface area contributed by atoms with Crippen molar-refractivity contribution in [1.82, 2.24) is 5.32 Å². The number of nitrogens with zero attached hydrogens (tertiary/aromatic N) is 1. The molecule has 1 aliphatic heterocycles. The summed E-state index contributed by atoms with van der Waals surface area (Å²) in [5, 5.41) is 3.49. The Morgan fingerprint density at radius 2 is 2.21 bits per heavy atom. The summed E-state index contributed by atoms with van der Waals surface area (Å²) in [6.45, 7) is 7.56. The molecule has 1 aromatic rings. The van der Waals surface area contributed by atoms with Gasteiger partial charge in [-0.05, 0) is 42.4 Å². The van der Waals surface area contributed by atoms with Gasteiger partial charge in [-0.25, -0.2) is 0 Å². The first-order valence-electron chi connectivity index (χ1n) is 7.21. The second-order valence-electron chi connectivity index (χ2n) is 5.77. The van der Waals surface area contributed by atoms with Crippen LogP contribution in [0.1, 0.15) is 31.4 Å². The third-order valence-electron chi connectivity index (χ3n) is 3.89. The highest BCUT2D eigenvalue weighted by atomic mass is 32.2. The molecule has 106 valence electrons. The number of benzene rings is 1. The van der Waals surface area contributed by atoms with Crippen LogP contribution >= 0.6 is 11.8 Å². The van der Waals surface area contributed by atoms with E-state index < -0.39 is 0 Å². The predicted octanol–water partition coefficient (Wildman–Crippen LogP) is 3.43. The summed E-state index contributed by atoms with van der Waals surface area (Å²) >= 11 is 2.07. The molecule has 2 nitrogen and oxygen atoms in total. The highest BCUT2D eigenvalue weighted by Gasteiger charge is 2.20. The lowest BCUT2D eigenvalue weighted by molar-refractivity contribution is 0.587. The molecule has 1 atom stereocenters. The Kier molecular flexibility index (Phi) is 5.17. The molecule has 0 aliphatic carbocycles. The van der Waals surface area contributed by atoms with Gasteiger partial charge in [0.05, 0.1) is 0 Å². The van der Waals surface area contributed by atoms with Crippen LogP contribution in [0.5, 0.6) is 0 Å². The number of hydrogen-bond donors (Lipinski definition) is 1. The topological polar surface area (TPSA) is 15.3 Å². The molecule has 0 amide bonds. The average Bonchev–Trinajstić information content (AvgIpc) is 2.90. The van der Waals surface area contributed by atoms with Crippen molar-refractivity contribution in [3.63, 3.8) is 0 Å². The maximum atomic E-state index is 3.49. The molecule has 0 spiro atoms. The molecule has 1 aromatic carbocycles. The summed E-state index contributed by atoms with van der Waals surface area (Å²) in [5.74, 6) is 2.58. The van der Waals surface area contributed by atoms with Crippen LogP contribution in [-0.4, -0.2) is 30.6 Å². The summed E-state index contributed by atoms with van der Waals surface area (Å²) in [4.78, 5) is 2.45. The Hall–Kier alpha value is -0.670. The summed E-state index contributed by atoms with van der Waals surface area (Å²) in [6, 6.07) is 8.13. The van der Waals surface area contributed by atoms with E-state index in [-0.39, 0.29) is 0 Å². The molecule has 1 fully saturated rings. The molecule has 1 N–H and O–H groups in total. The first kappa shape index (κ1) is 14.7.